The molecule has 0 saturated heterocycles. The van der Waals surface area contributed by atoms with Crippen LogP contribution < -0.4 is 0 Å². The maximum atomic E-state index is 5.01. The van der Waals surface area contributed by atoms with Crippen molar-refractivity contribution in [1.82, 2.24) is 4.57 Å². The van der Waals surface area contributed by atoms with Crippen LogP contribution in [0.5, 0.6) is 0 Å². The molecular formula is C14H17NO. The van der Waals surface area contributed by atoms with Crippen LogP contribution in [-0.4, -0.2) is 18.3 Å². The van der Waals surface area contributed by atoms with Gasteiger partial charge in [-0.25, -0.2) is 0 Å². The molecule has 1 aromatic heterocycles. The monoisotopic (exact) mass is 215 g/mol. The molecule has 0 bridgehead atoms. The van der Waals surface area contributed by atoms with Crippen molar-refractivity contribution in [2.45, 2.75) is 13.3 Å². The minimum Gasteiger partial charge on any atom is -0.381 e. The molecule has 0 unspecified atom stereocenters. The fourth-order valence-corrected chi connectivity index (χ4v) is 1.94. The highest BCUT2D eigenvalue weighted by Gasteiger charge is 2.03. The largest absolute Gasteiger partial charge is 0.381 e. The van der Waals surface area contributed by atoms with E-state index in [2.05, 4.69) is 48.2 Å². The lowest BCUT2D eigenvalue weighted by Crippen LogP contribution is -1.86. The van der Waals surface area contributed by atoms with E-state index in [9.17, 15) is 0 Å². The summed E-state index contributed by atoms with van der Waals surface area (Å²) in [5.41, 5.74) is 2.64. The SMILES string of the molecule is CCc1cn(/C=C/COC)c2ccccc12. The molecule has 2 rings (SSSR count). The van der Waals surface area contributed by atoms with E-state index in [4.69, 9.17) is 4.74 Å². The third kappa shape index (κ3) is 2.02. The van der Waals surface area contributed by atoms with Crippen molar-refractivity contribution < 1.29 is 4.74 Å². The van der Waals surface area contributed by atoms with Crippen molar-refractivity contribution in [1.29, 1.82) is 0 Å². The number of nitrogens with zero attached hydrogens (tertiary/aromatic N) is 1. The zero-order valence-corrected chi connectivity index (χ0v) is 9.81. The van der Waals surface area contributed by atoms with Crippen LogP contribution in [0, 0.1) is 0 Å². The van der Waals surface area contributed by atoms with Gasteiger partial charge >= 0.3 is 0 Å². The molecule has 0 amide bonds. The molecule has 0 aliphatic heterocycles. The van der Waals surface area contributed by atoms with E-state index in [0.717, 1.165) is 6.42 Å². The van der Waals surface area contributed by atoms with E-state index in [1.807, 2.05) is 6.08 Å². The van der Waals surface area contributed by atoms with Crippen LogP contribution in [0.15, 0.2) is 36.5 Å². The smallest absolute Gasteiger partial charge is 0.0660 e. The highest BCUT2D eigenvalue weighted by atomic mass is 16.5. The first-order valence-corrected chi connectivity index (χ1v) is 5.61. The summed E-state index contributed by atoms with van der Waals surface area (Å²) in [6.45, 7) is 2.83. The molecular weight excluding hydrogens is 198 g/mol. The topological polar surface area (TPSA) is 14.2 Å². The summed E-state index contributed by atoms with van der Waals surface area (Å²) in [5.74, 6) is 0. The molecule has 0 aliphatic carbocycles. The predicted molar refractivity (Wildman–Crippen MR) is 68.5 cm³/mol. The van der Waals surface area contributed by atoms with Gasteiger partial charge in [0.25, 0.3) is 0 Å². The van der Waals surface area contributed by atoms with Gasteiger partial charge in [-0.1, -0.05) is 25.1 Å². The molecule has 0 N–H and O–H groups in total. The van der Waals surface area contributed by atoms with Crippen LogP contribution >= 0.6 is 0 Å². The first kappa shape index (κ1) is 11.0. The van der Waals surface area contributed by atoms with Gasteiger partial charge in [0.05, 0.1) is 12.1 Å². The number of rotatable bonds is 4. The Morgan fingerprint density at radius 1 is 1.31 bits per heavy atom. The molecule has 2 nitrogen and oxygen atoms in total. The predicted octanol–water partition coefficient (Wildman–Crippen LogP) is 3.32. The molecule has 2 aromatic rings. The zero-order valence-electron chi connectivity index (χ0n) is 9.81. The average Bonchev–Trinajstić information content (AvgIpc) is 2.68. The van der Waals surface area contributed by atoms with Gasteiger partial charge in [-0.3, -0.25) is 0 Å². The number of para-hydroxylation sites is 1. The Labute approximate surface area is 96.1 Å². The second kappa shape index (κ2) is 4.99. The lowest BCUT2D eigenvalue weighted by molar-refractivity contribution is 0.234. The summed E-state index contributed by atoms with van der Waals surface area (Å²) in [7, 11) is 1.70. The Bertz CT molecular complexity index is 496. The summed E-state index contributed by atoms with van der Waals surface area (Å²) in [5, 5.41) is 1.34. The van der Waals surface area contributed by atoms with Gasteiger partial charge in [0.2, 0.25) is 0 Å². The molecule has 0 aliphatic rings. The molecule has 2 heteroatoms. The maximum absolute atomic E-state index is 5.01. The number of ether oxygens (including phenoxy) is 1. The lowest BCUT2D eigenvalue weighted by Gasteiger charge is -1.96. The normalized spacial score (nSPS) is 11.6. The van der Waals surface area contributed by atoms with Crippen molar-refractivity contribution in [3.8, 4) is 0 Å². The van der Waals surface area contributed by atoms with Crippen LogP contribution in [-0.2, 0) is 11.2 Å². The van der Waals surface area contributed by atoms with Gasteiger partial charge in [0.1, 0.15) is 0 Å². The molecule has 0 spiro atoms. The van der Waals surface area contributed by atoms with Crippen molar-refractivity contribution in [2.75, 3.05) is 13.7 Å². The average molecular weight is 215 g/mol. The minimum atomic E-state index is 0.647. The molecule has 0 radical (unpaired) electrons. The quantitative estimate of drug-likeness (QED) is 0.763. The Morgan fingerprint density at radius 2 is 2.12 bits per heavy atom. The molecule has 16 heavy (non-hydrogen) atoms. The van der Waals surface area contributed by atoms with E-state index in [0.29, 0.717) is 6.61 Å². The fraction of sp³-hybridized carbons (Fsp3) is 0.286. The van der Waals surface area contributed by atoms with Gasteiger partial charge in [0, 0.05) is 24.9 Å². The van der Waals surface area contributed by atoms with Crippen LogP contribution in [0.1, 0.15) is 12.5 Å². The van der Waals surface area contributed by atoms with Crippen molar-refractivity contribution in [3.63, 3.8) is 0 Å². The summed E-state index contributed by atoms with van der Waals surface area (Å²) in [6.07, 6.45) is 7.33. The minimum absolute atomic E-state index is 0.647. The summed E-state index contributed by atoms with van der Waals surface area (Å²) >= 11 is 0. The van der Waals surface area contributed by atoms with Gasteiger partial charge in [-0.15, -0.1) is 0 Å². The number of aryl methyl sites for hydroxylation is 1. The summed E-state index contributed by atoms with van der Waals surface area (Å²) in [4.78, 5) is 0. The second-order valence-corrected chi connectivity index (χ2v) is 3.77. The van der Waals surface area contributed by atoms with Gasteiger partial charge < -0.3 is 9.30 Å². The fourth-order valence-electron chi connectivity index (χ4n) is 1.94. The van der Waals surface area contributed by atoms with E-state index in [1.54, 1.807) is 7.11 Å². The number of methoxy groups -OCH3 is 1. The third-order valence-corrected chi connectivity index (χ3v) is 2.73. The third-order valence-electron chi connectivity index (χ3n) is 2.73. The zero-order chi connectivity index (χ0) is 11.4. The van der Waals surface area contributed by atoms with Gasteiger partial charge in [-0.2, -0.15) is 0 Å². The standard InChI is InChI=1S/C14H17NO/c1-3-12-11-15(9-6-10-16-2)14-8-5-4-7-13(12)14/h4-9,11H,3,10H2,1-2H3/b9-6+. The molecule has 84 valence electrons. The van der Waals surface area contributed by atoms with Gasteiger partial charge in [0.15, 0.2) is 0 Å². The molecule has 1 aromatic carbocycles. The Hall–Kier alpha value is -1.54. The lowest BCUT2D eigenvalue weighted by atomic mass is 10.1. The number of fused-ring (bicyclic) bond motifs is 1. The maximum Gasteiger partial charge on any atom is 0.0660 e. The van der Waals surface area contributed by atoms with Crippen molar-refractivity contribution in [3.05, 3.63) is 42.1 Å². The number of hydrogen-bond donors (Lipinski definition) is 0. The first-order valence-electron chi connectivity index (χ1n) is 5.61. The van der Waals surface area contributed by atoms with Crippen LogP contribution in [0.2, 0.25) is 0 Å². The second-order valence-electron chi connectivity index (χ2n) is 3.77. The Kier molecular flexibility index (Phi) is 3.42. The van der Waals surface area contributed by atoms with Gasteiger partial charge in [-0.05, 0) is 24.1 Å². The number of hydrogen-bond acceptors (Lipinski definition) is 1. The Morgan fingerprint density at radius 3 is 2.88 bits per heavy atom. The Balaban J connectivity index is 2.45. The van der Waals surface area contributed by atoms with Crippen molar-refractivity contribution in [2.24, 2.45) is 0 Å². The van der Waals surface area contributed by atoms with E-state index >= 15 is 0 Å². The van der Waals surface area contributed by atoms with E-state index in [-0.39, 0.29) is 0 Å². The number of aromatic nitrogens is 1. The van der Waals surface area contributed by atoms with E-state index < -0.39 is 0 Å². The molecule has 0 atom stereocenters. The van der Waals surface area contributed by atoms with Crippen LogP contribution in [0.3, 0.4) is 0 Å². The molecule has 0 saturated carbocycles. The molecule has 0 fully saturated rings. The molecule has 1 heterocycles. The van der Waals surface area contributed by atoms with Crippen LogP contribution in [0.25, 0.3) is 17.1 Å². The van der Waals surface area contributed by atoms with Crippen LogP contribution in [0.4, 0.5) is 0 Å². The van der Waals surface area contributed by atoms with E-state index in [1.165, 1.54) is 16.5 Å². The summed E-state index contributed by atoms with van der Waals surface area (Å²) < 4.78 is 7.17. The first-order chi connectivity index (χ1) is 7.86. The number of benzene rings is 1. The van der Waals surface area contributed by atoms with Crippen molar-refractivity contribution >= 4 is 17.1 Å². The summed E-state index contributed by atoms with van der Waals surface area (Å²) in [6, 6.07) is 8.48. The highest BCUT2D eigenvalue weighted by Crippen LogP contribution is 2.21. The highest BCUT2D eigenvalue weighted by molar-refractivity contribution is 5.85.